The van der Waals surface area contributed by atoms with Crippen LogP contribution in [-0.4, -0.2) is 98.9 Å². The van der Waals surface area contributed by atoms with Crippen LogP contribution >= 0.6 is 15.6 Å². The maximum Gasteiger partial charge on any atom is 0.472 e. The summed E-state index contributed by atoms with van der Waals surface area (Å²) in [5, 5.41) is 22.1. The minimum atomic E-state index is -4.99. The standard InChI is InChI=1S/C22H25N7O12P2/c23-19-14-20(25-7-24-19)29(9-27-14)22-18-16(31)13(39-22)6-37-42(32,33)40-17-15(30)12(5-36-43(34,35)41-18)38-21(17)28-8-26-10-3-1-2-4-11(10)28/h1-4,7-9,12-13,15-18,21-22,30-31H,5-6H2,(H,32,33)(H,34,35)(H2,23,24,25). The van der Waals surface area contributed by atoms with Gasteiger partial charge in [0.25, 0.3) is 0 Å². The predicted octanol–water partition coefficient (Wildman–Crippen LogP) is -0.00700. The average Bonchev–Trinajstić information content (AvgIpc) is 3.72. The van der Waals surface area contributed by atoms with Gasteiger partial charge in [0.05, 0.1) is 36.9 Å². The van der Waals surface area contributed by atoms with Crippen molar-refractivity contribution in [2.24, 2.45) is 0 Å². The fourth-order valence-corrected chi connectivity index (χ4v) is 7.19. The van der Waals surface area contributed by atoms with Gasteiger partial charge in [-0.15, -0.1) is 0 Å². The molecule has 0 spiro atoms. The molecule has 6 heterocycles. The summed E-state index contributed by atoms with van der Waals surface area (Å²) < 4.78 is 61.9. The maximum absolute atomic E-state index is 13.1. The summed E-state index contributed by atoms with van der Waals surface area (Å²) in [5.74, 6) is 0.0446. The lowest BCUT2D eigenvalue weighted by Gasteiger charge is -2.26. The van der Waals surface area contributed by atoms with Crippen LogP contribution in [0.1, 0.15) is 12.5 Å². The zero-order chi connectivity index (χ0) is 30.1. The molecule has 7 rings (SSSR count). The van der Waals surface area contributed by atoms with E-state index in [2.05, 4.69) is 19.9 Å². The molecule has 4 bridgehead atoms. The van der Waals surface area contributed by atoms with Crippen molar-refractivity contribution in [1.29, 1.82) is 0 Å². The molecule has 3 aromatic heterocycles. The lowest BCUT2D eigenvalue weighted by molar-refractivity contribution is -0.0674. The largest absolute Gasteiger partial charge is 0.472 e. The Morgan fingerprint density at radius 1 is 0.814 bits per heavy atom. The molecule has 10 atom stereocenters. The fourth-order valence-electron chi connectivity index (χ4n) is 5.33. The quantitative estimate of drug-likeness (QED) is 0.180. The van der Waals surface area contributed by atoms with Crippen LogP contribution in [0, 0.1) is 0 Å². The molecule has 0 aliphatic carbocycles. The Balaban J connectivity index is 1.22. The van der Waals surface area contributed by atoms with Gasteiger partial charge in [0.2, 0.25) is 0 Å². The van der Waals surface area contributed by atoms with Gasteiger partial charge in [-0.1, -0.05) is 12.1 Å². The van der Waals surface area contributed by atoms with E-state index in [1.165, 1.54) is 21.8 Å². The van der Waals surface area contributed by atoms with E-state index in [9.17, 15) is 29.1 Å². The molecule has 3 saturated heterocycles. The Bertz CT molecular complexity index is 1770. The number of hydrogen-bond acceptors (Lipinski definition) is 15. The Hall–Kier alpha value is -2.90. The molecule has 6 N–H and O–H groups in total. The summed E-state index contributed by atoms with van der Waals surface area (Å²) in [6, 6.07) is 6.93. The molecule has 230 valence electrons. The highest BCUT2D eigenvalue weighted by molar-refractivity contribution is 7.47. The smallest absolute Gasteiger partial charge is 0.387 e. The van der Waals surface area contributed by atoms with Crippen LogP contribution < -0.4 is 5.73 Å². The first-order chi connectivity index (χ1) is 20.5. The van der Waals surface area contributed by atoms with Gasteiger partial charge in [0, 0.05) is 0 Å². The van der Waals surface area contributed by atoms with Gasteiger partial charge in [0.1, 0.15) is 48.5 Å². The number of nitrogens with two attached hydrogens (primary N) is 1. The lowest BCUT2D eigenvalue weighted by atomic mass is 10.1. The minimum absolute atomic E-state index is 0.0446. The van der Waals surface area contributed by atoms with Crippen molar-refractivity contribution in [3.05, 3.63) is 43.2 Å². The molecule has 3 aliphatic heterocycles. The molecule has 0 amide bonds. The summed E-state index contributed by atoms with van der Waals surface area (Å²) in [6.45, 7) is -1.46. The number of aliphatic hydroxyl groups excluding tert-OH is 2. The molecular formula is C22H25N7O12P2. The number of anilines is 1. The first-order valence-electron chi connectivity index (χ1n) is 12.8. The zero-order valence-corrected chi connectivity index (χ0v) is 23.6. The van der Waals surface area contributed by atoms with E-state index in [0.717, 1.165) is 6.33 Å². The molecule has 21 heteroatoms. The van der Waals surface area contributed by atoms with E-state index >= 15 is 0 Å². The third-order valence-corrected chi connectivity index (χ3v) is 9.33. The Morgan fingerprint density at radius 3 is 2.05 bits per heavy atom. The van der Waals surface area contributed by atoms with Crippen molar-refractivity contribution in [3.8, 4) is 0 Å². The normalized spacial score (nSPS) is 38.9. The van der Waals surface area contributed by atoms with E-state index in [0.29, 0.717) is 11.0 Å². The second-order valence-electron chi connectivity index (χ2n) is 10.0. The Labute approximate surface area is 240 Å². The number of benzene rings is 1. The van der Waals surface area contributed by atoms with Gasteiger partial charge >= 0.3 is 15.6 Å². The topological polar surface area (TPSA) is 258 Å². The van der Waals surface area contributed by atoms with Crippen molar-refractivity contribution in [2.45, 2.75) is 49.1 Å². The molecule has 19 nitrogen and oxygen atoms in total. The monoisotopic (exact) mass is 641 g/mol. The number of aliphatic hydroxyl groups is 2. The number of phosphoric acid groups is 2. The van der Waals surface area contributed by atoms with Crippen molar-refractivity contribution in [2.75, 3.05) is 18.9 Å². The molecule has 3 fully saturated rings. The Kier molecular flexibility index (Phi) is 7.13. The number of fused-ring (bicyclic) bond motifs is 6. The first kappa shape index (κ1) is 28.8. The predicted molar refractivity (Wildman–Crippen MR) is 141 cm³/mol. The minimum Gasteiger partial charge on any atom is -0.387 e. The molecule has 43 heavy (non-hydrogen) atoms. The third kappa shape index (κ3) is 5.16. The number of aromatic nitrogens is 6. The van der Waals surface area contributed by atoms with Crippen molar-refractivity contribution in [3.63, 3.8) is 0 Å². The third-order valence-electron chi connectivity index (χ3n) is 7.36. The lowest BCUT2D eigenvalue weighted by Crippen LogP contribution is -2.38. The number of para-hydroxylation sites is 2. The highest BCUT2D eigenvalue weighted by atomic mass is 31.2. The average molecular weight is 641 g/mol. The van der Waals surface area contributed by atoms with Crippen LogP contribution in [-0.2, 0) is 36.7 Å². The van der Waals surface area contributed by atoms with E-state index in [1.54, 1.807) is 24.3 Å². The van der Waals surface area contributed by atoms with E-state index < -0.39 is 77.9 Å². The Morgan fingerprint density at radius 2 is 1.40 bits per heavy atom. The number of ether oxygens (including phenoxy) is 2. The van der Waals surface area contributed by atoms with Gasteiger partial charge in [0.15, 0.2) is 23.9 Å². The first-order valence-corrected chi connectivity index (χ1v) is 15.8. The van der Waals surface area contributed by atoms with Crippen molar-refractivity contribution >= 4 is 43.7 Å². The number of nitrogens with zero attached hydrogens (tertiary/aromatic N) is 6. The van der Waals surface area contributed by atoms with Crippen LogP contribution in [0.2, 0.25) is 0 Å². The number of hydrogen-bond donors (Lipinski definition) is 5. The van der Waals surface area contributed by atoms with Gasteiger partial charge in [-0.05, 0) is 12.1 Å². The second kappa shape index (κ2) is 10.6. The highest BCUT2D eigenvalue weighted by Gasteiger charge is 2.53. The fraction of sp³-hybridized carbons (Fsp3) is 0.455. The van der Waals surface area contributed by atoms with E-state index in [1.807, 2.05) is 0 Å². The van der Waals surface area contributed by atoms with Gasteiger partial charge in [-0.25, -0.2) is 29.1 Å². The molecule has 10 unspecified atom stereocenters. The summed E-state index contributed by atoms with van der Waals surface area (Å²) in [7, 11) is -9.95. The number of imidazole rings is 2. The van der Waals surface area contributed by atoms with Gasteiger partial charge < -0.3 is 39.8 Å². The van der Waals surface area contributed by atoms with E-state index in [-0.39, 0.29) is 17.0 Å². The van der Waals surface area contributed by atoms with Crippen molar-refractivity contribution < 1.29 is 56.7 Å². The number of nitrogen functional groups attached to an aromatic ring is 1. The van der Waals surface area contributed by atoms with Gasteiger partial charge in [-0.2, -0.15) is 0 Å². The SMILES string of the molecule is Nc1ncnc2c1ncn2C1OC2COP(=O)(O)OC3C(O)C(COP(=O)(O)OC1C2O)OC3n1cnc2ccccc21. The summed E-state index contributed by atoms with van der Waals surface area (Å²) in [4.78, 5) is 37.7. The summed E-state index contributed by atoms with van der Waals surface area (Å²) in [6.07, 6.45) is -7.96. The summed E-state index contributed by atoms with van der Waals surface area (Å²) in [5.41, 5.74) is 7.31. The number of phosphoric ester groups is 2. The van der Waals surface area contributed by atoms with Crippen LogP contribution in [0.3, 0.4) is 0 Å². The molecule has 0 saturated carbocycles. The van der Waals surface area contributed by atoms with Crippen LogP contribution in [0.5, 0.6) is 0 Å². The molecule has 4 aromatic rings. The number of rotatable bonds is 2. The van der Waals surface area contributed by atoms with Gasteiger partial charge in [-0.3, -0.25) is 22.7 Å². The van der Waals surface area contributed by atoms with E-state index in [4.69, 9.17) is 33.3 Å². The van der Waals surface area contributed by atoms with Crippen molar-refractivity contribution in [1.82, 2.24) is 29.1 Å². The van der Waals surface area contributed by atoms with Crippen LogP contribution in [0.25, 0.3) is 22.2 Å². The molecular weight excluding hydrogens is 616 g/mol. The van der Waals surface area contributed by atoms with Crippen LogP contribution in [0.4, 0.5) is 5.82 Å². The molecule has 1 aromatic carbocycles. The molecule has 0 radical (unpaired) electrons. The zero-order valence-electron chi connectivity index (χ0n) is 21.8. The summed E-state index contributed by atoms with van der Waals surface area (Å²) >= 11 is 0. The second-order valence-corrected chi connectivity index (χ2v) is 12.8. The molecule has 3 aliphatic rings. The highest BCUT2D eigenvalue weighted by Crippen LogP contribution is 2.53. The maximum atomic E-state index is 13.1. The van der Waals surface area contributed by atoms with Crippen LogP contribution in [0.15, 0.2) is 43.2 Å².